The number of carboxylic acid groups (broad SMARTS) is 1. The van der Waals surface area contributed by atoms with Gasteiger partial charge in [0.1, 0.15) is 11.4 Å². The van der Waals surface area contributed by atoms with Gasteiger partial charge in [0.25, 0.3) is 0 Å². The van der Waals surface area contributed by atoms with E-state index in [1.54, 1.807) is 6.20 Å². The summed E-state index contributed by atoms with van der Waals surface area (Å²) >= 11 is 3.20. The number of rotatable bonds is 7. The molecule has 3 N–H and O–H groups in total. The summed E-state index contributed by atoms with van der Waals surface area (Å²) in [5.41, 5.74) is -0.127. The second-order valence-electron chi connectivity index (χ2n) is 4.57. The van der Waals surface area contributed by atoms with E-state index in [0.717, 1.165) is 12.8 Å². The van der Waals surface area contributed by atoms with Crippen molar-refractivity contribution in [1.82, 2.24) is 4.98 Å². The van der Waals surface area contributed by atoms with Crippen molar-refractivity contribution in [3.63, 3.8) is 0 Å². The van der Waals surface area contributed by atoms with Gasteiger partial charge in [0.15, 0.2) is 0 Å². The third-order valence-corrected chi connectivity index (χ3v) is 3.98. The highest BCUT2D eigenvalue weighted by Gasteiger charge is 2.26. The highest BCUT2D eigenvalue weighted by Crippen LogP contribution is 2.27. The molecule has 19 heavy (non-hydrogen) atoms. The number of carboxylic acids is 1. The van der Waals surface area contributed by atoms with Crippen LogP contribution in [-0.4, -0.2) is 34.3 Å². The van der Waals surface area contributed by atoms with Crippen LogP contribution in [0.2, 0.25) is 0 Å². The van der Waals surface area contributed by atoms with Crippen LogP contribution in [0.15, 0.2) is 16.7 Å². The molecule has 5 nitrogen and oxygen atoms in total. The fourth-order valence-electron chi connectivity index (χ4n) is 1.79. The molecule has 0 saturated carbocycles. The third-order valence-electron chi connectivity index (χ3n) is 3.55. The Morgan fingerprint density at radius 2 is 2.11 bits per heavy atom. The SMILES string of the molecule is CCC(CC)(CO)CNc1ncc(Br)cc1C(=O)O. The number of anilines is 1. The van der Waals surface area contributed by atoms with E-state index in [-0.39, 0.29) is 17.6 Å². The van der Waals surface area contributed by atoms with Crippen LogP contribution in [0.25, 0.3) is 0 Å². The average molecular weight is 331 g/mol. The molecule has 0 aliphatic heterocycles. The Labute approximate surface area is 121 Å². The van der Waals surface area contributed by atoms with E-state index in [2.05, 4.69) is 26.2 Å². The summed E-state index contributed by atoms with van der Waals surface area (Å²) in [5, 5.41) is 21.7. The highest BCUT2D eigenvalue weighted by atomic mass is 79.9. The first-order chi connectivity index (χ1) is 8.98. The smallest absolute Gasteiger partial charge is 0.339 e. The number of carbonyl (C=O) groups is 1. The minimum Gasteiger partial charge on any atom is -0.478 e. The molecular formula is C13H19BrN2O3. The monoisotopic (exact) mass is 330 g/mol. The Bertz CT molecular complexity index is 439. The summed E-state index contributed by atoms with van der Waals surface area (Å²) < 4.78 is 0.620. The number of nitrogens with one attached hydrogen (secondary N) is 1. The molecule has 0 fully saturated rings. The number of hydrogen-bond acceptors (Lipinski definition) is 4. The minimum absolute atomic E-state index is 0.0614. The van der Waals surface area contributed by atoms with Crippen LogP contribution in [0, 0.1) is 5.41 Å². The average Bonchev–Trinajstić information content (AvgIpc) is 2.42. The molecule has 1 aromatic heterocycles. The summed E-state index contributed by atoms with van der Waals surface area (Å²) in [7, 11) is 0. The fourth-order valence-corrected chi connectivity index (χ4v) is 2.13. The maximum Gasteiger partial charge on any atom is 0.339 e. The first-order valence-corrected chi connectivity index (χ1v) is 7.01. The first-order valence-electron chi connectivity index (χ1n) is 6.21. The summed E-state index contributed by atoms with van der Waals surface area (Å²) in [6.45, 7) is 4.57. The molecular weight excluding hydrogens is 312 g/mol. The van der Waals surface area contributed by atoms with Gasteiger partial charge in [0.05, 0.1) is 6.61 Å². The van der Waals surface area contributed by atoms with Crippen molar-refractivity contribution in [2.75, 3.05) is 18.5 Å². The Hall–Kier alpha value is -1.14. The molecule has 0 saturated heterocycles. The van der Waals surface area contributed by atoms with Crippen molar-refractivity contribution in [1.29, 1.82) is 0 Å². The topological polar surface area (TPSA) is 82.5 Å². The second-order valence-corrected chi connectivity index (χ2v) is 5.49. The predicted octanol–water partition coefficient (Wildman–Crippen LogP) is 2.75. The number of aliphatic hydroxyl groups is 1. The zero-order valence-electron chi connectivity index (χ0n) is 11.1. The quantitative estimate of drug-likeness (QED) is 0.716. The lowest BCUT2D eigenvalue weighted by molar-refractivity contribution is 0.0697. The minimum atomic E-state index is -1.03. The molecule has 1 heterocycles. The van der Waals surface area contributed by atoms with Gasteiger partial charge in [0.2, 0.25) is 0 Å². The Morgan fingerprint density at radius 3 is 2.58 bits per heavy atom. The van der Waals surface area contributed by atoms with E-state index in [1.807, 2.05) is 13.8 Å². The standard InChI is InChI=1S/C13H19BrN2O3/c1-3-13(4-2,8-17)7-16-11-10(12(18)19)5-9(14)6-15-11/h5-6,17H,3-4,7-8H2,1-2H3,(H,15,16)(H,18,19). The van der Waals surface area contributed by atoms with Crippen molar-refractivity contribution in [3.8, 4) is 0 Å². The number of hydrogen-bond donors (Lipinski definition) is 3. The lowest BCUT2D eigenvalue weighted by atomic mass is 9.83. The van der Waals surface area contributed by atoms with Gasteiger partial charge in [-0.25, -0.2) is 9.78 Å². The second kappa shape index (κ2) is 6.86. The van der Waals surface area contributed by atoms with Gasteiger partial charge in [-0.3, -0.25) is 0 Å². The molecule has 1 rings (SSSR count). The molecule has 0 aliphatic carbocycles. The van der Waals surface area contributed by atoms with Crippen molar-refractivity contribution >= 4 is 27.7 Å². The molecule has 0 atom stereocenters. The zero-order chi connectivity index (χ0) is 14.5. The van der Waals surface area contributed by atoms with Crippen LogP contribution >= 0.6 is 15.9 Å². The summed E-state index contributed by atoms with van der Waals surface area (Å²) in [4.78, 5) is 15.2. The molecule has 0 bridgehead atoms. The number of nitrogens with zero attached hydrogens (tertiary/aromatic N) is 1. The molecule has 1 aromatic rings. The van der Waals surface area contributed by atoms with Crippen LogP contribution in [0.3, 0.4) is 0 Å². The summed E-state index contributed by atoms with van der Waals surface area (Å²) in [6.07, 6.45) is 3.17. The molecule has 0 aliphatic rings. The van der Waals surface area contributed by atoms with E-state index < -0.39 is 5.97 Å². The van der Waals surface area contributed by atoms with Crippen molar-refractivity contribution < 1.29 is 15.0 Å². The van der Waals surface area contributed by atoms with E-state index in [9.17, 15) is 9.90 Å². The maximum absolute atomic E-state index is 11.2. The van der Waals surface area contributed by atoms with E-state index in [0.29, 0.717) is 16.8 Å². The van der Waals surface area contributed by atoms with Gasteiger partial charge in [-0.1, -0.05) is 13.8 Å². The van der Waals surface area contributed by atoms with Gasteiger partial charge in [-0.05, 0) is 34.8 Å². The number of aromatic carboxylic acids is 1. The molecule has 0 radical (unpaired) electrons. The van der Waals surface area contributed by atoms with Crippen LogP contribution in [0.1, 0.15) is 37.0 Å². The lowest BCUT2D eigenvalue weighted by Crippen LogP contribution is -2.33. The Balaban J connectivity index is 2.91. The van der Waals surface area contributed by atoms with Gasteiger partial charge >= 0.3 is 5.97 Å². The van der Waals surface area contributed by atoms with Gasteiger partial charge in [-0.2, -0.15) is 0 Å². The first kappa shape index (κ1) is 15.9. The van der Waals surface area contributed by atoms with Crippen LogP contribution < -0.4 is 5.32 Å². The van der Waals surface area contributed by atoms with E-state index >= 15 is 0 Å². The number of halogens is 1. The number of pyridine rings is 1. The molecule has 0 aromatic carbocycles. The van der Waals surface area contributed by atoms with Crippen molar-refractivity contribution in [2.45, 2.75) is 26.7 Å². The summed E-state index contributed by atoms with van der Waals surface area (Å²) in [6, 6.07) is 1.51. The number of aromatic nitrogens is 1. The van der Waals surface area contributed by atoms with E-state index in [1.165, 1.54) is 6.07 Å². The summed E-state index contributed by atoms with van der Waals surface area (Å²) in [5.74, 6) is -0.700. The fraction of sp³-hybridized carbons (Fsp3) is 0.538. The molecule has 0 amide bonds. The van der Waals surface area contributed by atoms with Crippen LogP contribution in [0.4, 0.5) is 5.82 Å². The zero-order valence-corrected chi connectivity index (χ0v) is 12.7. The normalized spacial score (nSPS) is 11.4. The van der Waals surface area contributed by atoms with E-state index in [4.69, 9.17) is 5.11 Å². The van der Waals surface area contributed by atoms with Crippen molar-refractivity contribution in [2.24, 2.45) is 5.41 Å². The van der Waals surface area contributed by atoms with Gasteiger partial charge < -0.3 is 15.5 Å². The van der Waals surface area contributed by atoms with Crippen molar-refractivity contribution in [3.05, 3.63) is 22.3 Å². The largest absolute Gasteiger partial charge is 0.478 e. The lowest BCUT2D eigenvalue weighted by Gasteiger charge is -2.30. The highest BCUT2D eigenvalue weighted by molar-refractivity contribution is 9.10. The molecule has 106 valence electrons. The van der Waals surface area contributed by atoms with Gasteiger partial charge in [-0.15, -0.1) is 0 Å². The molecule has 0 unspecified atom stereocenters. The predicted molar refractivity (Wildman–Crippen MR) is 77.5 cm³/mol. The maximum atomic E-state index is 11.2. The Morgan fingerprint density at radius 1 is 1.47 bits per heavy atom. The van der Waals surface area contributed by atoms with Gasteiger partial charge in [0, 0.05) is 22.6 Å². The molecule has 6 heteroatoms. The Kier molecular flexibility index (Phi) is 5.75. The third kappa shape index (κ3) is 3.91. The number of aliphatic hydroxyl groups excluding tert-OH is 1. The molecule has 0 spiro atoms. The van der Waals surface area contributed by atoms with Crippen LogP contribution in [-0.2, 0) is 0 Å². The van der Waals surface area contributed by atoms with Crippen LogP contribution in [0.5, 0.6) is 0 Å².